The molecule has 2 amide bonds. The van der Waals surface area contributed by atoms with Crippen molar-refractivity contribution in [3.05, 3.63) is 77.1 Å². The predicted molar refractivity (Wildman–Crippen MR) is 108 cm³/mol. The molecule has 0 saturated heterocycles. The molecule has 5 heteroatoms. The molecule has 2 heterocycles. The van der Waals surface area contributed by atoms with E-state index >= 15 is 0 Å². The number of nitrogen functional groups attached to an aromatic ring is 1. The van der Waals surface area contributed by atoms with E-state index in [0.717, 1.165) is 22.3 Å². The molecule has 3 N–H and O–H groups in total. The van der Waals surface area contributed by atoms with E-state index in [1.807, 2.05) is 30.5 Å². The van der Waals surface area contributed by atoms with Crippen LogP contribution in [0.5, 0.6) is 0 Å². The van der Waals surface area contributed by atoms with Crippen LogP contribution in [-0.2, 0) is 13.1 Å². The van der Waals surface area contributed by atoms with Gasteiger partial charge in [-0.2, -0.15) is 0 Å². The second-order valence-corrected chi connectivity index (χ2v) is 7.05. The average molecular weight is 358 g/mol. The van der Waals surface area contributed by atoms with Gasteiger partial charge in [-0.25, -0.2) is 4.79 Å². The third-order valence-corrected chi connectivity index (χ3v) is 5.00. The number of hydrogen-bond donors (Lipinski definition) is 2. The zero-order chi connectivity index (χ0) is 19.0. The molecular weight excluding hydrogens is 336 g/mol. The highest BCUT2D eigenvalue weighted by Crippen LogP contribution is 2.30. The average Bonchev–Trinajstić information content (AvgIpc) is 3.08. The third-order valence-electron chi connectivity index (χ3n) is 5.00. The molecule has 0 spiro atoms. The summed E-state index contributed by atoms with van der Waals surface area (Å²) in [5.41, 5.74) is 14.1. The monoisotopic (exact) mass is 358 g/mol. The number of nitrogens with one attached hydrogen (secondary N) is 1. The molecule has 0 radical (unpaired) electrons. The highest BCUT2D eigenvalue weighted by Gasteiger charge is 2.23. The van der Waals surface area contributed by atoms with Gasteiger partial charge < -0.3 is 16.0 Å². The number of carbonyl (C=O) groups is 1. The molecule has 0 fully saturated rings. The van der Waals surface area contributed by atoms with E-state index in [1.165, 1.54) is 11.1 Å². The van der Waals surface area contributed by atoms with Crippen molar-refractivity contribution < 1.29 is 4.79 Å². The Kier molecular flexibility index (Phi) is 4.28. The van der Waals surface area contributed by atoms with Gasteiger partial charge in [0.25, 0.3) is 0 Å². The number of benzene rings is 2. The number of urea groups is 1. The Labute approximate surface area is 158 Å². The van der Waals surface area contributed by atoms with Crippen molar-refractivity contribution in [2.45, 2.75) is 26.9 Å². The molecular formula is C22H22N4O. The lowest BCUT2D eigenvalue weighted by Gasteiger charge is -2.18. The number of hydrogen-bond acceptors (Lipinski definition) is 3. The minimum atomic E-state index is -0.157. The fraction of sp³-hybridized carbons (Fsp3) is 0.182. The summed E-state index contributed by atoms with van der Waals surface area (Å²) in [5, 5.41) is 2.97. The maximum atomic E-state index is 12.7. The van der Waals surface area contributed by atoms with Crippen LogP contribution in [-0.4, -0.2) is 15.9 Å². The summed E-state index contributed by atoms with van der Waals surface area (Å²) in [6.45, 7) is 5.31. The predicted octanol–water partition coefficient (Wildman–Crippen LogP) is 4.50. The van der Waals surface area contributed by atoms with E-state index in [9.17, 15) is 4.79 Å². The maximum absolute atomic E-state index is 12.7. The summed E-state index contributed by atoms with van der Waals surface area (Å²) in [5.74, 6) is 0. The number of anilines is 2. The summed E-state index contributed by atoms with van der Waals surface area (Å²) in [6, 6.07) is 13.9. The molecule has 0 saturated carbocycles. The Morgan fingerprint density at radius 3 is 2.67 bits per heavy atom. The van der Waals surface area contributed by atoms with Gasteiger partial charge in [-0.1, -0.05) is 29.8 Å². The van der Waals surface area contributed by atoms with Gasteiger partial charge in [-0.3, -0.25) is 4.98 Å². The molecule has 1 aliphatic heterocycles. The molecule has 1 aliphatic rings. The van der Waals surface area contributed by atoms with Crippen LogP contribution < -0.4 is 11.1 Å². The van der Waals surface area contributed by atoms with Crippen molar-refractivity contribution in [1.82, 2.24) is 9.88 Å². The first-order chi connectivity index (χ1) is 13.0. The molecule has 3 aromatic rings. The number of fused-ring (bicyclic) bond motifs is 1. The number of carbonyl (C=O) groups excluding carboxylic acids is 1. The highest BCUT2D eigenvalue weighted by molar-refractivity contribution is 5.94. The van der Waals surface area contributed by atoms with Gasteiger partial charge in [0, 0.05) is 25.5 Å². The Hall–Kier alpha value is -3.34. The van der Waals surface area contributed by atoms with Gasteiger partial charge in [0.1, 0.15) is 0 Å². The van der Waals surface area contributed by atoms with Crippen LogP contribution in [0, 0.1) is 13.8 Å². The Balaban J connectivity index is 1.57. The highest BCUT2D eigenvalue weighted by atomic mass is 16.2. The second kappa shape index (κ2) is 6.76. The van der Waals surface area contributed by atoms with Crippen LogP contribution in [0.3, 0.4) is 0 Å². The zero-order valence-electron chi connectivity index (χ0n) is 15.5. The Morgan fingerprint density at radius 2 is 1.89 bits per heavy atom. The van der Waals surface area contributed by atoms with Crippen molar-refractivity contribution in [1.29, 1.82) is 0 Å². The smallest absolute Gasteiger partial charge is 0.322 e. The first kappa shape index (κ1) is 17.1. The van der Waals surface area contributed by atoms with E-state index in [0.29, 0.717) is 24.5 Å². The first-order valence-electron chi connectivity index (χ1n) is 8.96. The minimum absolute atomic E-state index is 0.157. The van der Waals surface area contributed by atoms with Crippen molar-refractivity contribution in [2.24, 2.45) is 0 Å². The number of pyridine rings is 1. The van der Waals surface area contributed by atoms with E-state index < -0.39 is 0 Å². The number of nitrogens with two attached hydrogens (primary N) is 1. The standard InChI is InChI=1S/C22H22N4O/c1-14-3-5-19(15(2)9-14)16-4-6-20(23)21(10-16)25-22(27)26-12-17-7-8-24-11-18(17)13-26/h3-11H,12-13,23H2,1-2H3,(H,25,27). The lowest BCUT2D eigenvalue weighted by atomic mass is 9.98. The molecule has 1 aromatic heterocycles. The third kappa shape index (κ3) is 3.36. The van der Waals surface area contributed by atoms with Gasteiger partial charge in [-0.15, -0.1) is 0 Å². The van der Waals surface area contributed by atoms with Gasteiger partial charge >= 0.3 is 6.03 Å². The van der Waals surface area contributed by atoms with Crippen LogP contribution in [0.2, 0.25) is 0 Å². The number of aryl methyl sites for hydroxylation is 2. The van der Waals surface area contributed by atoms with Crippen molar-refractivity contribution >= 4 is 17.4 Å². The van der Waals surface area contributed by atoms with Crippen LogP contribution in [0.25, 0.3) is 11.1 Å². The van der Waals surface area contributed by atoms with E-state index in [2.05, 4.69) is 42.3 Å². The second-order valence-electron chi connectivity index (χ2n) is 7.05. The van der Waals surface area contributed by atoms with Crippen LogP contribution >= 0.6 is 0 Å². The largest absolute Gasteiger partial charge is 0.397 e. The van der Waals surface area contributed by atoms with Crippen LogP contribution in [0.4, 0.5) is 16.2 Å². The van der Waals surface area contributed by atoms with Crippen LogP contribution in [0.15, 0.2) is 54.9 Å². The fourth-order valence-electron chi connectivity index (χ4n) is 3.53. The summed E-state index contributed by atoms with van der Waals surface area (Å²) in [6.07, 6.45) is 3.57. The van der Waals surface area contributed by atoms with Gasteiger partial charge in [0.2, 0.25) is 0 Å². The number of nitrogens with zero attached hydrogens (tertiary/aromatic N) is 2. The van der Waals surface area contributed by atoms with E-state index in [1.54, 1.807) is 11.1 Å². The normalized spacial score (nSPS) is 12.7. The van der Waals surface area contributed by atoms with E-state index in [4.69, 9.17) is 5.73 Å². The number of aromatic nitrogens is 1. The van der Waals surface area contributed by atoms with Crippen LogP contribution in [0.1, 0.15) is 22.3 Å². The number of rotatable bonds is 2. The van der Waals surface area contributed by atoms with Crippen molar-refractivity contribution in [2.75, 3.05) is 11.1 Å². The summed E-state index contributed by atoms with van der Waals surface area (Å²) < 4.78 is 0. The van der Waals surface area contributed by atoms with Gasteiger partial charge in [0.05, 0.1) is 11.4 Å². The van der Waals surface area contributed by atoms with Gasteiger partial charge in [-0.05, 0) is 59.9 Å². The summed E-state index contributed by atoms with van der Waals surface area (Å²) >= 11 is 0. The molecule has 2 aromatic carbocycles. The molecule has 0 atom stereocenters. The number of amides is 2. The molecule has 4 rings (SSSR count). The van der Waals surface area contributed by atoms with E-state index in [-0.39, 0.29) is 6.03 Å². The van der Waals surface area contributed by atoms with Crippen molar-refractivity contribution in [3.8, 4) is 11.1 Å². The minimum Gasteiger partial charge on any atom is -0.397 e. The van der Waals surface area contributed by atoms with Gasteiger partial charge in [0.15, 0.2) is 0 Å². The topological polar surface area (TPSA) is 71.2 Å². The molecule has 0 unspecified atom stereocenters. The molecule has 136 valence electrons. The molecule has 0 aliphatic carbocycles. The lowest BCUT2D eigenvalue weighted by molar-refractivity contribution is 0.212. The maximum Gasteiger partial charge on any atom is 0.322 e. The lowest BCUT2D eigenvalue weighted by Crippen LogP contribution is -2.30. The molecule has 5 nitrogen and oxygen atoms in total. The summed E-state index contributed by atoms with van der Waals surface area (Å²) in [4.78, 5) is 18.6. The summed E-state index contributed by atoms with van der Waals surface area (Å²) in [7, 11) is 0. The fourth-order valence-corrected chi connectivity index (χ4v) is 3.53. The molecule has 27 heavy (non-hydrogen) atoms. The SMILES string of the molecule is Cc1ccc(-c2ccc(N)c(NC(=O)N3Cc4ccncc4C3)c2)c(C)c1. The molecule has 0 bridgehead atoms. The quantitative estimate of drug-likeness (QED) is 0.663. The Morgan fingerprint density at radius 1 is 1.07 bits per heavy atom. The first-order valence-corrected chi connectivity index (χ1v) is 8.96. The zero-order valence-corrected chi connectivity index (χ0v) is 15.5. The van der Waals surface area contributed by atoms with Crippen molar-refractivity contribution in [3.63, 3.8) is 0 Å². The Bertz CT molecular complexity index is 1000.